The van der Waals surface area contributed by atoms with Gasteiger partial charge in [-0.1, -0.05) is 42.0 Å². The first-order valence-electron chi connectivity index (χ1n) is 16.0. The van der Waals surface area contributed by atoms with Crippen LogP contribution in [-0.4, -0.2) is 44.3 Å². The van der Waals surface area contributed by atoms with E-state index in [2.05, 4.69) is 0 Å². The van der Waals surface area contributed by atoms with Crippen molar-refractivity contribution in [3.8, 4) is 0 Å². The van der Waals surface area contributed by atoms with Gasteiger partial charge in [0.25, 0.3) is 11.8 Å². The van der Waals surface area contributed by atoms with Gasteiger partial charge in [-0.25, -0.2) is 9.29 Å². The predicted molar refractivity (Wildman–Crippen MR) is 180 cm³/mol. The number of hydrogen-bond acceptors (Lipinski definition) is 7. The molecule has 0 bridgehead atoms. The van der Waals surface area contributed by atoms with Crippen LogP contribution in [0.4, 0.5) is 15.8 Å². The number of rotatable bonds is 6. The van der Waals surface area contributed by atoms with Crippen LogP contribution in [0, 0.1) is 23.6 Å². The monoisotopic (exact) mass is 712 g/mol. The van der Waals surface area contributed by atoms with Crippen molar-refractivity contribution >= 4 is 64.0 Å². The molecule has 6 unspecified atom stereocenters. The molecule has 6 atom stereocenters. The van der Waals surface area contributed by atoms with Gasteiger partial charge in [-0.2, -0.15) is 0 Å². The van der Waals surface area contributed by atoms with Crippen LogP contribution in [0.2, 0.25) is 0 Å². The van der Waals surface area contributed by atoms with Crippen LogP contribution >= 0.6 is 23.2 Å². The van der Waals surface area contributed by atoms with Gasteiger partial charge in [0, 0.05) is 11.1 Å². The number of aliphatic hydroxyl groups is 1. The summed E-state index contributed by atoms with van der Waals surface area (Å²) in [6.45, 7) is -0.451. The third-order valence-electron chi connectivity index (χ3n) is 10.4. The number of carbonyl (C=O) groups is 5. The molecule has 1 N–H and O–H groups in total. The third kappa shape index (κ3) is 4.44. The second kappa shape index (κ2) is 11.6. The number of imide groups is 2. The Kier molecular flexibility index (Phi) is 7.49. The molecule has 3 fully saturated rings. The first-order chi connectivity index (χ1) is 24.0. The quantitative estimate of drug-likeness (QED) is 0.114. The van der Waals surface area contributed by atoms with Gasteiger partial charge in [-0.05, 0) is 79.4 Å². The number of carbonyl (C=O) groups excluding carboxylic acids is 5. The lowest BCUT2D eigenvalue weighted by molar-refractivity contribution is -0.125. The average Bonchev–Trinajstić information content (AvgIpc) is 3.75. The van der Waals surface area contributed by atoms with Gasteiger partial charge in [-0.3, -0.25) is 28.9 Å². The van der Waals surface area contributed by atoms with Crippen molar-refractivity contribution in [1.82, 2.24) is 0 Å². The van der Waals surface area contributed by atoms with Gasteiger partial charge in [0.05, 0.1) is 29.1 Å². The van der Waals surface area contributed by atoms with E-state index in [-0.39, 0.29) is 41.5 Å². The molecular weight excluding hydrogens is 686 g/mol. The molecule has 8 rings (SSSR count). The van der Waals surface area contributed by atoms with Gasteiger partial charge >= 0.3 is 0 Å². The summed E-state index contributed by atoms with van der Waals surface area (Å²) < 4.78 is 19.8. The van der Waals surface area contributed by atoms with Crippen molar-refractivity contribution in [3.05, 3.63) is 131 Å². The van der Waals surface area contributed by atoms with Crippen LogP contribution in [0.5, 0.6) is 0 Å². The van der Waals surface area contributed by atoms with E-state index in [1.54, 1.807) is 60.7 Å². The van der Waals surface area contributed by atoms with Crippen LogP contribution < -0.4 is 9.80 Å². The number of anilines is 2. The second-order valence-corrected chi connectivity index (χ2v) is 14.2. The molecule has 3 heterocycles. The minimum absolute atomic E-state index is 0.0624. The number of furan rings is 1. The van der Waals surface area contributed by atoms with E-state index in [1.165, 1.54) is 24.3 Å². The fourth-order valence-corrected chi connectivity index (χ4v) is 9.03. The Bertz CT molecular complexity index is 2130. The van der Waals surface area contributed by atoms with Gasteiger partial charge in [-0.15, -0.1) is 23.2 Å². The minimum Gasteiger partial charge on any atom is -0.463 e. The third-order valence-corrected chi connectivity index (χ3v) is 11.9. The van der Waals surface area contributed by atoms with E-state index in [0.29, 0.717) is 16.7 Å². The van der Waals surface area contributed by atoms with Gasteiger partial charge < -0.3 is 9.52 Å². The molecule has 2 aliphatic carbocycles. The van der Waals surface area contributed by atoms with Gasteiger partial charge in [0.2, 0.25) is 11.8 Å². The van der Waals surface area contributed by atoms with E-state index in [0.717, 1.165) is 21.9 Å². The number of aliphatic hydroxyl groups excluding tert-OH is 1. The molecule has 252 valence electrons. The number of alkyl halides is 2. The summed E-state index contributed by atoms with van der Waals surface area (Å²) in [5, 5.41) is 9.79. The lowest BCUT2D eigenvalue weighted by Gasteiger charge is -2.49. The molecule has 3 aromatic carbocycles. The number of amides is 4. The van der Waals surface area contributed by atoms with Crippen molar-refractivity contribution in [2.75, 3.05) is 9.80 Å². The Hall–Kier alpha value is -4.90. The summed E-state index contributed by atoms with van der Waals surface area (Å²) in [5.41, 5.74) is 1.75. The number of allylic oxidation sites excluding steroid dienone is 2. The SMILES string of the molecule is O=C(c1ccccc1)c1ccc(N2C(=O)C3CC=C4C(CC5(Cl)C(=O)N(c6ccc(F)cc6)C(=O)C5(Cl)C4c4ccc(CO)o4)C3C2=O)cc1. The average molecular weight is 714 g/mol. The number of nitrogens with zero attached hydrogens (tertiary/aromatic N) is 2. The Morgan fingerprint density at radius 3 is 2.10 bits per heavy atom. The normalized spacial score (nSPS) is 28.8. The zero-order chi connectivity index (χ0) is 35.1. The molecular formula is C38H27Cl2FN2O7. The van der Waals surface area contributed by atoms with Gasteiger partial charge in [0.1, 0.15) is 23.9 Å². The Labute approximate surface area is 294 Å². The molecule has 12 heteroatoms. The highest BCUT2D eigenvalue weighted by Crippen LogP contribution is 2.66. The summed E-state index contributed by atoms with van der Waals surface area (Å²) in [5.74, 6) is -6.84. The minimum atomic E-state index is -2.15. The summed E-state index contributed by atoms with van der Waals surface area (Å²) in [7, 11) is 0. The molecule has 4 aliphatic rings. The molecule has 50 heavy (non-hydrogen) atoms. The van der Waals surface area contributed by atoms with E-state index < -0.39 is 69.5 Å². The number of fused-ring (bicyclic) bond motifs is 4. The van der Waals surface area contributed by atoms with E-state index in [4.69, 9.17) is 27.6 Å². The van der Waals surface area contributed by atoms with Crippen LogP contribution in [0.3, 0.4) is 0 Å². The van der Waals surface area contributed by atoms with Crippen molar-refractivity contribution in [3.63, 3.8) is 0 Å². The largest absolute Gasteiger partial charge is 0.463 e. The first-order valence-corrected chi connectivity index (χ1v) is 16.7. The molecule has 4 aromatic rings. The first kappa shape index (κ1) is 32.3. The highest BCUT2D eigenvalue weighted by atomic mass is 35.5. The molecule has 0 spiro atoms. The van der Waals surface area contributed by atoms with Crippen LogP contribution in [0.15, 0.2) is 107 Å². The van der Waals surface area contributed by atoms with Crippen LogP contribution in [0.1, 0.15) is 46.2 Å². The lowest BCUT2D eigenvalue weighted by atomic mass is 9.57. The molecule has 0 radical (unpaired) electrons. The Morgan fingerprint density at radius 1 is 0.800 bits per heavy atom. The summed E-state index contributed by atoms with van der Waals surface area (Å²) in [4.78, 5) is 67.7. The fourth-order valence-electron chi connectivity index (χ4n) is 8.12. The molecule has 2 saturated heterocycles. The molecule has 1 saturated carbocycles. The van der Waals surface area contributed by atoms with Crippen molar-refractivity contribution < 1.29 is 37.9 Å². The Balaban J connectivity index is 1.19. The molecule has 2 aliphatic heterocycles. The fraction of sp³-hybridized carbons (Fsp3) is 0.237. The molecule has 4 amide bonds. The van der Waals surface area contributed by atoms with Gasteiger partial charge in [0.15, 0.2) is 15.5 Å². The second-order valence-electron chi connectivity index (χ2n) is 13.0. The van der Waals surface area contributed by atoms with Crippen LogP contribution in [0.25, 0.3) is 0 Å². The van der Waals surface area contributed by atoms with Crippen molar-refractivity contribution in [1.29, 1.82) is 0 Å². The lowest BCUT2D eigenvalue weighted by Crippen LogP contribution is -2.60. The standard InChI is InChI=1S/C38H27Cl2FN2O7/c39-37-18-28-26(31(29-17-14-25(19-44)50-29)38(37,40)36(49)43(35(37)48)24-12-8-22(41)9-13-24)15-16-27-30(28)34(47)42(33(27)46)23-10-6-21(7-11-23)32(45)20-4-2-1-3-5-20/h1-15,17,27-28,30-31,44H,16,18-19H2. The van der Waals surface area contributed by atoms with E-state index in [1.807, 2.05) is 0 Å². The van der Waals surface area contributed by atoms with E-state index >= 15 is 0 Å². The maximum Gasteiger partial charge on any atom is 0.258 e. The zero-order valence-corrected chi connectivity index (χ0v) is 27.6. The van der Waals surface area contributed by atoms with Crippen molar-refractivity contribution in [2.45, 2.75) is 35.1 Å². The highest BCUT2D eigenvalue weighted by Gasteiger charge is 2.77. The Morgan fingerprint density at radius 2 is 1.44 bits per heavy atom. The van der Waals surface area contributed by atoms with E-state index in [9.17, 15) is 33.5 Å². The maximum atomic E-state index is 14.4. The number of benzene rings is 3. The summed E-state index contributed by atoms with van der Waals surface area (Å²) in [6, 6.07) is 22.7. The van der Waals surface area contributed by atoms with Crippen molar-refractivity contribution in [2.24, 2.45) is 17.8 Å². The zero-order valence-electron chi connectivity index (χ0n) is 26.1. The summed E-state index contributed by atoms with van der Waals surface area (Å²) in [6.07, 6.45) is 1.65. The van der Waals surface area contributed by atoms with Crippen LogP contribution in [-0.2, 0) is 25.8 Å². The number of hydrogen-bond donors (Lipinski definition) is 1. The maximum absolute atomic E-state index is 14.4. The molecule has 1 aromatic heterocycles. The highest BCUT2D eigenvalue weighted by molar-refractivity contribution is 6.58. The number of ketones is 1. The predicted octanol–water partition coefficient (Wildman–Crippen LogP) is 5.91. The topological polar surface area (TPSA) is 125 Å². The molecule has 9 nitrogen and oxygen atoms in total. The summed E-state index contributed by atoms with van der Waals surface area (Å²) >= 11 is 14.6. The number of halogens is 3. The smallest absolute Gasteiger partial charge is 0.258 e.